The van der Waals surface area contributed by atoms with Gasteiger partial charge in [0.05, 0.1) is 0 Å². The highest BCUT2D eigenvalue weighted by Gasteiger charge is 2.25. The standard InChI is InChI=1S/C13H20N4O/c1-9-7-10(8-12(14)16-9)13(18)15-5-6-17(2)11-3-4-11/h7-8,11H,3-6H2,1-2H3,(H2,14,16)(H,15,18). The Balaban J connectivity index is 1.83. The molecule has 1 heterocycles. The van der Waals surface area contributed by atoms with E-state index in [1.165, 1.54) is 12.8 Å². The van der Waals surface area contributed by atoms with E-state index in [0.29, 0.717) is 17.9 Å². The first-order valence-electron chi connectivity index (χ1n) is 6.29. The number of hydrogen-bond donors (Lipinski definition) is 2. The van der Waals surface area contributed by atoms with Crippen LogP contribution in [0.2, 0.25) is 0 Å². The largest absolute Gasteiger partial charge is 0.384 e. The maximum atomic E-state index is 11.9. The van der Waals surface area contributed by atoms with Crippen molar-refractivity contribution in [3.05, 3.63) is 23.4 Å². The van der Waals surface area contributed by atoms with E-state index in [1.54, 1.807) is 12.1 Å². The predicted molar refractivity (Wildman–Crippen MR) is 71.4 cm³/mol. The number of nitrogen functional groups attached to an aromatic ring is 1. The number of nitrogens with zero attached hydrogens (tertiary/aromatic N) is 2. The molecule has 98 valence electrons. The van der Waals surface area contributed by atoms with Crippen LogP contribution >= 0.6 is 0 Å². The van der Waals surface area contributed by atoms with E-state index in [9.17, 15) is 4.79 Å². The highest BCUT2D eigenvalue weighted by Crippen LogP contribution is 2.24. The predicted octanol–water partition coefficient (Wildman–Crippen LogP) is 0.796. The molecular formula is C13H20N4O. The zero-order valence-corrected chi connectivity index (χ0v) is 10.9. The number of anilines is 1. The Labute approximate surface area is 107 Å². The fourth-order valence-corrected chi connectivity index (χ4v) is 1.97. The third-order valence-corrected chi connectivity index (χ3v) is 3.16. The quantitative estimate of drug-likeness (QED) is 0.808. The maximum Gasteiger partial charge on any atom is 0.251 e. The van der Waals surface area contributed by atoms with Crippen molar-refractivity contribution in [3.63, 3.8) is 0 Å². The first-order valence-corrected chi connectivity index (χ1v) is 6.29. The molecule has 1 aliphatic rings. The second-order valence-corrected chi connectivity index (χ2v) is 4.89. The molecule has 0 aliphatic heterocycles. The molecule has 5 nitrogen and oxygen atoms in total. The molecule has 1 fully saturated rings. The van der Waals surface area contributed by atoms with Crippen LogP contribution in [0.5, 0.6) is 0 Å². The van der Waals surface area contributed by atoms with Crippen molar-refractivity contribution in [1.82, 2.24) is 15.2 Å². The van der Waals surface area contributed by atoms with E-state index in [1.807, 2.05) is 6.92 Å². The van der Waals surface area contributed by atoms with E-state index < -0.39 is 0 Å². The average Bonchev–Trinajstić information content (AvgIpc) is 3.11. The number of likely N-dealkylation sites (N-methyl/N-ethyl adjacent to an activating group) is 1. The lowest BCUT2D eigenvalue weighted by molar-refractivity contribution is 0.0949. The molecule has 1 aliphatic carbocycles. The SMILES string of the molecule is Cc1cc(C(=O)NCCN(C)C2CC2)cc(N)n1. The van der Waals surface area contributed by atoms with Gasteiger partial charge in [-0.15, -0.1) is 0 Å². The molecule has 0 radical (unpaired) electrons. The van der Waals surface area contributed by atoms with Crippen molar-refractivity contribution in [2.24, 2.45) is 0 Å². The van der Waals surface area contributed by atoms with Gasteiger partial charge in [-0.05, 0) is 38.9 Å². The molecule has 1 amide bonds. The molecule has 1 aromatic rings. The van der Waals surface area contributed by atoms with Crippen LogP contribution in [0.1, 0.15) is 28.9 Å². The number of nitrogens with one attached hydrogen (secondary N) is 1. The minimum Gasteiger partial charge on any atom is -0.384 e. The van der Waals surface area contributed by atoms with Gasteiger partial charge < -0.3 is 16.0 Å². The van der Waals surface area contributed by atoms with E-state index in [0.717, 1.165) is 18.3 Å². The summed E-state index contributed by atoms with van der Waals surface area (Å²) in [6.45, 7) is 3.37. The van der Waals surface area contributed by atoms with Gasteiger partial charge in [-0.25, -0.2) is 4.98 Å². The summed E-state index contributed by atoms with van der Waals surface area (Å²) < 4.78 is 0. The minimum atomic E-state index is -0.0867. The summed E-state index contributed by atoms with van der Waals surface area (Å²) in [5, 5.41) is 2.90. The van der Waals surface area contributed by atoms with Crippen molar-refractivity contribution in [2.45, 2.75) is 25.8 Å². The Morgan fingerprint density at radius 3 is 2.89 bits per heavy atom. The molecule has 0 atom stereocenters. The number of nitrogens with two attached hydrogens (primary N) is 1. The van der Waals surface area contributed by atoms with Crippen molar-refractivity contribution >= 4 is 11.7 Å². The molecule has 0 spiro atoms. The van der Waals surface area contributed by atoms with Crippen LogP contribution < -0.4 is 11.1 Å². The molecule has 1 saturated carbocycles. The van der Waals surface area contributed by atoms with Gasteiger partial charge in [0.25, 0.3) is 5.91 Å². The average molecular weight is 248 g/mol. The monoisotopic (exact) mass is 248 g/mol. The van der Waals surface area contributed by atoms with Gasteiger partial charge >= 0.3 is 0 Å². The van der Waals surface area contributed by atoms with Gasteiger partial charge in [0.2, 0.25) is 0 Å². The van der Waals surface area contributed by atoms with Crippen molar-refractivity contribution in [2.75, 3.05) is 25.9 Å². The molecule has 5 heteroatoms. The molecule has 0 unspecified atom stereocenters. The van der Waals surface area contributed by atoms with Crippen LogP contribution in [-0.4, -0.2) is 42.0 Å². The van der Waals surface area contributed by atoms with Gasteiger partial charge in [0, 0.05) is 30.4 Å². The Bertz CT molecular complexity index is 422. The number of carbonyl (C=O) groups excluding carboxylic acids is 1. The fourth-order valence-electron chi connectivity index (χ4n) is 1.97. The number of pyridine rings is 1. The van der Waals surface area contributed by atoms with Crippen molar-refractivity contribution in [3.8, 4) is 0 Å². The zero-order valence-electron chi connectivity index (χ0n) is 10.9. The smallest absolute Gasteiger partial charge is 0.251 e. The van der Waals surface area contributed by atoms with Crippen LogP contribution in [0.4, 0.5) is 5.82 Å². The van der Waals surface area contributed by atoms with Gasteiger partial charge in [0.15, 0.2) is 0 Å². The minimum absolute atomic E-state index is 0.0867. The second-order valence-electron chi connectivity index (χ2n) is 4.89. The number of carbonyl (C=O) groups is 1. The first kappa shape index (κ1) is 12.8. The Hall–Kier alpha value is -1.62. The summed E-state index contributed by atoms with van der Waals surface area (Å²) in [4.78, 5) is 18.2. The second kappa shape index (κ2) is 5.35. The molecule has 18 heavy (non-hydrogen) atoms. The molecule has 2 rings (SSSR count). The summed E-state index contributed by atoms with van der Waals surface area (Å²) in [6, 6.07) is 4.07. The van der Waals surface area contributed by atoms with Crippen LogP contribution in [0.25, 0.3) is 0 Å². The molecule has 0 aromatic carbocycles. The van der Waals surface area contributed by atoms with Crippen LogP contribution in [0.3, 0.4) is 0 Å². The van der Waals surface area contributed by atoms with Crippen LogP contribution in [0.15, 0.2) is 12.1 Å². The Morgan fingerprint density at radius 1 is 1.56 bits per heavy atom. The first-order chi connectivity index (χ1) is 8.56. The zero-order chi connectivity index (χ0) is 13.1. The number of aryl methyl sites for hydroxylation is 1. The Kier molecular flexibility index (Phi) is 3.81. The lowest BCUT2D eigenvalue weighted by Crippen LogP contribution is -2.34. The summed E-state index contributed by atoms with van der Waals surface area (Å²) in [5.74, 6) is 0.298. The summed E-state index contributed by atoms with van der Waals surface area (Å²) in [7, 11) is 2.10. The molecular weight excluding hydrogens is 228 g/mol. The summed E-state index contributed by atoms with van der Waals surface area (Å²) in [5.41, 5.74) is 6.96. The summed E-state index contributed by atoms with van der Waals surface area (Å²) in [6.07, 6.45) is 2.56. The molecule has 0 bridgehead atoms. The third-order valence-electron chi connectivity index (χ3n) is 3.16. The molecule has 1 aromatic heterocycles. The van der Waals surface area contributed by atoms with Crippen molar-refractivity contribution in [1.29, 1.82) is 0 Å². The number of aromatic nitrogens is 1. The van der Waals surface area contributed by atoms with Crippen LogP contribution in [-0.2, 0) is 0 Å². The van der Waals surface area contributed by atoms with E-state index in [2.05, 4.69) is 22.2 Å². The van der Waals surface area contributed by atoms with Gasteiger partial charge in [-0.3, -0.25) is 4.79 Å². The number of hydrogen-bond acceptors (Lipinski definition) is 4. The lowest BCUT2D eigenvalue weighted by atomic mass is 10.2. The molecule has 0 saturated heterocycles. The summed E-state index contributed by atoms with van der Waals surface area (Å²) >= 11 is 0. The maximum absolute atomic E-state index is 11.9. The van der Waals surface area contributed by atoms with E-state index >= 15 is 0 Å². The topological polar surface area (TPSA) is 71.2 Å². The van der Waals surface area contributed by atoms with Gasteiger partial charge in [-0.1, -0.05) is 0 Å². The molecule has 3 N–H and O–H groups in total. The highest BCUT2D eigenvalue weighted by atomic mass is 16.1. The van der Waals surface area contributed by atoms with E-state index in [4.69, 9.17) is 5.73 Å². The number of amides is 1. The van der Waals surface area contributed by atoms with E-state index in [-0.39, 0.29) is 5.91 Å². The van der Waals surface area contributed by atoms with Crippen LogP contribution in [0, 0.1) is 6.92 Å². The lowest BCUT2D eigenvalue weighted by Gasteiger charge is -2.15. The highest BCUT2D eigenvalue weighted by molar-refractivity contribution is 5.94. The fraction of sp³-hybridized carbons (Fsp3) is 0.538. The third kappa shape index (κ3) is 3.43. The van der Waals surface area contributed by atoms with Gasteiger partial charge in [0.1, 0.15) is 5.82 Å². The number of rotatable bonds is 5. The Morgan fingerprint density at radius 2 is 2.28 bits per heavy atom. The normalized spacial score (nSPS) is 14.8. The van der Waals surface area contributed by atoms with Crippen molar-refractivity contribution < 1.29 is 4.79 Å². The van der Waals surface area contributed by atoms with Gasteiger partial charge in [-0.2, -0.15) is 0 Å².